The third-order valence-corrected chi connectivity index (χ3v) is 4.30. The maximum Gasteiger partial charge on any atom is 0.424 e. The summed E-state index contributed by atoms with van der Waals surface area (Å²) in [5, 5.41) is 17.4. The highest BCUT2D eigenvalue weighted by molar-refractivity contribution is 5.36. The molecular weight excluding hydrogens is 375 g/mol. The van der Waals surface area contributed by atoms with Crippen LogP contribution in [0.1, 0.15) is 23.6 Å². The molecule has 2 N–H and O–H groups in total. The van der Waals surface area contributed by atoms with Gasteiger partial charge in [-0.05, 0) is 19.9 Å². The zero-order valence-corrected chi connectivity index (χ0v) is 15.6. The fourth-order valence-corrected chi connectivity index (χ4v) is 2.92. The van der Waals surface area contributed by atoms with Gasteiger partial charge in [0.25, 0.3) is 0 Å². The maximum atomic E-state index is 13.5. The second-order valence-corrected chi connectivity index (χ2v) is 6.50. The Morgan fingerprint density at radius 1 is 1.21 bits per heavy atom. The highest BCUT2D eigenvalue weighted by atomic mass is 19.4. The van der Waals surface area contributed by atoms with E-state index < -0.39 is 24.0 Å². The van der Waals surface area contributed by atoms with Crippen LogP contribution in [0.15, 0.2) is 30.9 Å². The van der Waals surface area contributed by atoms with Gasteiger partial charge in [0.2, 0.25) is 5.60 Å². The zero-order valence-electron chi connectivity index (χ0n) is 15.6. The molecule has 0 aliphatic rings. The summed E-state index contributed by atoms with van der Waals surface area (Å²) in [6, 6.07) is 1.87. The molecule has 0 fully saturated rings. The van der Waals surface area contributed by atoms with Crippen molar-refractivity contribution in [2.75, 3.05) is 11.9 Å². The number of rotatable bonds is 6. The van der Waals surface area contributed by atoms with E-state index in [1.54, 1.807) is 4.68 Å². The maximum absolute atomic E-state index is 13.5. The molecule has 150 valence electrons. The highest BCUT2D eigenvalue weighted by Crippen LogP contribution is 2.40. The second-order valence-electron chi connectivity index (χ2n) is 6.50. The Kier molecular flexibility index (Phi) is 5.11. The standard InChI is InChI=1S/C17H20F3N7O/c1-11-8-12(2)27(25-11)14-10-21-9-13(24-14)22-5-4-16(28,17(18,19)20)15-23-6-7-26(15)3/h6-10,28H,4-5H2,1-3H3,(H,22,24). The van der Waals surface area contributed by atoms with E-state index in [4.69, 9.17) is 0 Å². The first-order valence-electron chi connectivity index (χ1n) is 8.48. The number of imidazole rings is 1. The third-order valence-electron chi connectivity index (χ3n) is 4.30. The summed E-state index contributed by atoms with van der Waals surface area (Å²) in [5.41, 5.74) is -1.42. The van der Waals surface area contributed by atoms with Crippen molar-refractivity contribution in [2.45, 2.75) is 32.0 Å². The number of hydrogen-bond donors (Lipinski definition) is 2. The topological polar surface area (TPSA) is 93.7 Å². The van der Waals surface area contributed by atoms with E-state index in [9.17, 15) is 18.3 Å². The largest absolute Gasteiger partial charge is 0.424 e. The Balaban J connectivity index is 1.76. The van der Waals surface area contributed by atoms with Crippen molar-refractivity contribution in [3.63, 3.8) is 0 Å². The molecule has 0 spiro atoms. The van der Waals surface area contributed by atoms with Gasteiger partial charge in [-0.2, -0.15) is 18.3 Å². The average Bonchev–Trinajstić information content (AvgIpc) is 3.19. The van der Waals surface area contributed by atoms with Crippen molar-refractivity contribution in [3.8, 4) is 5.82 Å². The van der Waals surface area contributed by atoms with Gasteiger partial charge >= 0.3 is 6.18 Å². The number of aromatic nitrogens is 6. The third kappa shape index (κ3) is 3.70. The van der Waals surface area contributed by atoms with Crippen molar-refractivity contribution in [3.05, 3.63) is 48.1 Å². The van der Waals surface area contributed by atoms with E-state index in [1.165, 1.54) is 31.8 Å². The summed E-state index contributed by atoms with van der Waals surface area (Å²) in [6.07, 6.45) is -0.0724. The number of hydrogen-bond acceptors (Lipinski definition) is 6. The SMILES string of the molecule is Cc1cc(C)n(-c2cncc(NCCC(O)(c3nccn3C)C(F)(F)F)n2)n1. The van der Waals surface area contributed by atoms with Crippen molar-refractivity contribution in [1.29, 1.82) is 0 Å². The molecular formula is C17H20F3N7O. The van der Waals surface area contributed by atoms with Crippen LogP contribution in [-0.4, -0.2) is 47.1 Å². The van der Waals surface area contributed by atoms with Crippen LogP contribution in [0.5, 0.6) is 0 Å². The molecule has 0 bridgehead atoms. The average molecular weight is 395 g/mol. The van der Waals surface area contributed by atoms with Crippen LogP contribution < -0.4 is 5.32 Å². The summed E-state index contributed by atoms with van der Waals surface area (Å²) >= 11 is 0. The quantitative estimate of drug-likeness (QED) is 0.665. The van der Waals surface area contributed by atoms with Crippen LogP contribution in [0.3, 0.4) is 0 Å². The summed E-state index contributed by atoms with van der Waals surface area (Å²) in [6.45, 7) is 3.50. The van der Waals surface area contributed by atoms with Crippen LogP contribution in [0, 0.1) is 13.8 Å². The predicted molar refractivity (Wildman–Crippen MR) is 94.9 cm³/mol. The predicted octanol–water partition coefficient (Wildman–Crippen LogP) is 2.26. The van der Waals surface area contributed by atoms with Crippen molar-refractivity contribution in [1.82, 2.24) is 29.3 Å². The molecule has 1 unspecified atom stereocenters. The molecule has 3 aromatic rings. The van der Waals surface area contributed by atoms with Gasteiger partial charge in [-0.25, -0.2) is 14.6 Å². The number of aryl methyl sites for hydroxylation is 3. The Morgan fingerprint density at radius 3 is 2.54 bits per heavy atom. The van der Waals surface area contributed by atoms with Crippen LogP contribution in [-0.2, 0) is 12.6 Å². The Labute approximate surface area is 159 Å². The van der Waals surface area contributed by atoms with E-state index in [2.05, 4.69) is 25.4 Å². The van der Waals surface area contributed by atoms with E-state index >= 15 is 0 Å². The van der Waals surface area contributed by atoms with Gasteiger partial charge in [0, 0.05) is 38.1 Å². The molecule has 0 radical (unpaired) electrons. The summed E-state index contributed by atoms with van der Waals surface area (Å²) in [7, 11) is 1.40. The summed E-state index contributed by atoms with van der Waals surface area (Å²) < 4.78 is 43.3. The van der Waals surface area contributed by atoms with E-state index in [1.807, 2.05) is 19.9 Å². The van der Waals surface area contributed by atoms with Gasteiger partial charge in [0.15, 0.2) is 5.82 Å². The molecule has 0 saturated carbocycles. The highest BCUT2D eigenvalue weighted by Gasteiger charge is 2.57. The minimum atomic E-state index is -4.88. The first-order valence-corrected chi connectivity index (χ1v) is 8.48. The van der Waals surface area contributed by atoms with Gasteiger partial charge in [-0.1, -0.05) is 0 Å². The van der Waals surface area contributed by atoms with Crippen molar-refractivity contribution in [2.24, 2.45) is 7.05 Å². The monoisotopic (exact) mass is 395 g/mol. The van der Waals surface area contributed by atoms with Crippen LogP contribution >= 0.6 is 0 Å². The molecule has 3 rings (SSSR count). The molecule has 0 aliphatic heterocycles. The minimum Gasteiger partial charge on any atom is -0.374 e. The lowest BCUT2D eigenvalue weighted by Crippen LogP contribution is -2.45. The van der Waals surface area contributed by atoms with Gasteiger partial charge < -0.3 is 15.0 Å². The molecule has 28 heavy (non-hydrogen) atoms. The summed E-state index contributed by atoms with van der Waals surface area (Å²) in [4.78, 5) is 12.0. The molecule has 0 saturated heterocycles. The van der Waals surface area contributed by atoms with Crippen molar-refractivity contribution < 1.29 is 18.3 Å². The zero-order chi connectivity index (χ0) is 20.5. The molecule has 8 nitrogen and oxygen atoms in total. The first kappa shape index (κ1) is 19.8. The molecule has 3 heterocycles. The van der Waals surface area contributed by atoms with Gasteiger partial charge in [-0.3, -0.25) is 4.98 Å². The smallest absolute Gasteiger partial charge is 0.374 e. The number of nitrogens with one attached hydrogen (secondary N) is 1. The van der Waals surface area contributed by atoms with E-state index in [-0.39, 0.29) is 12.4 Å². The molecule has 0 aliphatic carbocycles. The lowest BCUT2D eigenvalue weighted by Gasteiger charge is -2.30. The second kappa shape index (κ2) is 7.23. The normalized spacial score (nSPS) is 14.1. The number of nitrogens with zero attached hydrogens (tertiary/aromatic N) is 6. The van der Waals surface area contributed by atoms with Gasteiger partial charge in [-0.15, -0.1) is 0 Å². The van der Waals surface area contributed by atoms with Gasteiger partial charge in [0.1, 0.15) is 11.6 Å². The number of anilines is 1. The molecule has 11 heteroatoms. The van der Waals surface area contributed by atoms with Crippen LogP contribution in [0.2, 0.25) is 0 Å². The minimum absolute atomic E-state index is 0.196. The van der Waals surface area contributed by atoms with Crippen molar-refractivity contribution >= 4 is 5.82 Å². The molecule has 0 amide bonds. The lowest BCUT2D eigenvalue weighted by molar-refractivity contribution is -0.271. The fourth-order valence-electron chi connectivity index (χ4n) is 2.92. The number of alkyl halides is 3. The fraction of sp³-hybridized carbons (Fsp3) is 0.412. The van der Waals surface area contributed by atoms with E-state index in [0.717, 1.165) is 16.0 Å². The Morgan fingerprint density at radius 2 is 1.96 bits per heavy atom. The Bertz CT molecular complexity index is 966. The number of aliphatic hydroxyl groups is 1. The Hall–Kier alpha value is -2.95. The molecule has 1 atom stereocenters. The summed E-state index contributed by atoms with van der Waals surface area (Å²) in [5.74, 6) is 0.240. The molecule has 0 aromatic carbocycles. The lowest BCUT2D eigenvalue weighted by atomic mass is 9.97. The van der Waals surface area contributed by atoms with Crippen LogP contribution in [0.25, 0.3) is 5.82 Å². The van der Waals surface area contributed by atoms with Gasteiger partial charge in [0.05, 0.1) is 18.1 Å². The number of halogens is 3. The van der Waals surface area contributed by atoms with Crippen LogP contribution in [0.4, 0.5) is 19.0 Å². The van der Waals surface area contributed by atoms with E-state index in [0.29, 0.717) is 5.82 Å². The first-order chi connectivity index (χ1) is 13.1. The molecule has 3 aromatic heterocycles.